The molecule has 2 nitrogen and oxygen atoms in total. The third-order valence-electron chi connectivity index (χ3n) is 7.05. The van der Waals surface area contributed by atoms with Crippen LogP contribution in [0.4, 0.5) is 0 Å². The van der Waals surface area contributed by atoms with Gasteiger partial charge in [0.25, 0.3) is 0 Å². The molecule has 0 aliphatic heterocycles. The molecule has 3 atom stereocenters. The zero-order chi connectivity index (χ0) is 18.1. The quantitative estimate of drug-likeness (QED) is 0.717. The van der Waals surface area contributed by atoms with Crippen LogP contribution in [-0.4, -0.2) is 24.9 Å². The molecule has 0 radical (unpaired) electrons. The Balaban J connectivity index is 1.85. The van der Waals surface area contributed by atoms with Crippen molar-refractivity contribution < 1.29 is 9.84 Å². The first-order valence-corrected chi connectivity index (χ1v) is 10.2. The van der Waals surface area contributed by atoms with Gasteiger partial charge in [0.05, 0.1) is 6.61 Å². The molecule has 0 spiro atoms. The van der Waals surface area contributed by atoms with Gasteiger partial charge < -0.3 is 9.84 Å². The Morgan fingerprint density at radius 2 is 2.04 bits per heavy atom. The maximum Gasteiger partial charge on any atom is 0.0522 e. The number of benzene rings is 1. The monoisotopic (exact) mass is 344 g/mol. The molecular weight excluding hydrogens is 308 g/mol. The molecule has 1 fully saturated rings. The Morgan fingerprint density at radius 1 is 1.24 bits per heavy atom. The van der Waals surface area contributed by atoms with Gasteiger partial charge in [0, 0.05) is 13.2 Å². The van der Waals surface area contributed by atoms with Crippen LogP contribution in [0.25, 0.3) is 0 Å². The SMILES string of the molecule is CC(C)c1ccc2c(c1)CC[C@H]1[C@](C)(COCCCO)CCC[C@]21C. The molecule has 1 N–H and O–H groups in total. The normalized spacial score (nSPS) is 31.7. The van der Waals surface area contributed by atoms with Crippen LogP contribution in [0.2, 0.25) is 0 Å². The van der Waals surface area contributed by atoms with E-state index in [-0.39, 0.29) is 17.4 Å². The zero-order valence-electron chi connectivity index (χ0n) is 16.6. The molecule has 2 aliphatic rings. The number of aliphatic hydroxyl groups excluding tert-OH is 1. The van der Waals surface area contributed by atoms with Crippen LogP contribution >= 0.6 is 0 Å². The van der Waals surface area contributed by atoms with Gasteiger partial charge in [-0.1, -0.05) is 52.3 Å². The molecule has 1 aromatic carbocycles. The van der Waals surface area contributed by atoms with E-state index in [0.717, 1.165) is 13.0 Å². The number of fused-ring (bicyclic) bond motifs is 3. The van der Waals surface area contributed by atoms with Crippen molar-refractivity contribution in [1.29, 1.82) is 0 Å². The van der Waals surface area contributed by atoms with Crippen molar-refractivity contribution in [2.45, 2.75) is 77.6 Å². The summed E-state index contributed by atoms with van der Waals surface area (Å²) in [6, 6.07) is 7.28. The van der Waals surface area contributed by atoms with Crippen LogP contribution in [0.1, 0.15) is 82.4 Å². The summed E-state index contributed by atoms with van der Waals surface area (Å²) >= 11 is 0. The predicted octanol–water partition coefficient (Wildman–Crippen LogP) is 5.22. The number of aliphatic hydroxyl groups is 1. The summed E-state index contributed by atoms with van der Waals surface area (Å²) in [6.07, 6.45) is 7.11. The van der Waals surface area contributed by atoms with E-state index in [2.05, 4.69) is 45.9 Å². The van der Waals surface area contributed by atoms with Gasteiger partial charge in [-0.05, 0) is 71.5 Å². The Kier molecular flexibility index (Phi) is 5.60. The highest BCUT2D eigenvalue weighted by Gasteiger charge is 2.51. The van der Waals surface area contributed by atoms with Gasteiger partial charge in [0.2, 0.25) is 0 Å². The third-order valence-corrected chi connectivity index (χ3v) is 7.05. The van der Waals surface area contributed by atoms with E-state index in [1.165, 1.54) is 37.7 Å². The molecule has 0 aromatic heterocycles. The minimum absolute atomic E-state index is 0.226. The Morgan fingerprint density at radius 3 is 2.76 bits per heavy atom. The highest BCUT2D eigenvalue weighted by molar-refractivity contribution is 5.42. The average Bonchev–Trinajstić information content (AvgIpc) is 2.58. The number of rotatable bonds is 6. The lowest BCUT2D eigenvalue weighted by atomic mass is 9.50. The Labute approximate surface area is 154 Å². The van der Waals surface area contributed by atoms with E-state index < -0.39 is 0 Å². The van der Waals surface area contributed by atoms with Gasteiger partial charge in [-0.3, -0.25) is 0 Å². The van der Waals surface area contributed by atoms with E-state index in [0.29, 0.717) is 18.4 Å². The first-order chi connectivity index (χ1) is 11.9. The van der Waals surface area contributed by atoms with Crippen LogP contribution in [0.5, 0.6) is 0 Å². The first-order valence-electron chi connectivity index (χ1n) is 10.2. The van der Waals surface area contributed by atoms with E-state index in [4.69, 9.17) is 9.84 Å². The van der Waals surface area contributed by atoms with Crippen molar-refractivity contribution in [3.05, 3.63) is 34.9 Å². The number of hydrogen-bond donors (Lipinski definition) is 1. The molecule has 0 amide bonds. The van der Waals surface area contributed by atoms with Crippen molar-refractivity contribution in [2.24, 2.45) is 11.3 Å². The lowest BCUT2D eigenvalue weighted by molar-refractivity contribution is -0.0481. The summed E-state index contributed by atoms with van der Waals surface area (Å²) in [7, 11) is 0. The van der Waals surface area contributed by atoms with Gasteiger partial charge in [-0.2, -0.15) is 0 Å². The summed E-state index contributed by atoms with van der Waals surface area (Å²) in [6.45, 7) is 11.3. The van der Waals surface area contributed by atoms with Gasteiger partial charge in [-0.15, -0.1) is 0 Å². The Hall–Kier alpha value is -0.860. The molecule has 25 heavy (non-hydrogen) atoms. The number of aryl methyl sites for hydroxylation is 1. The summed E-state index contributed by atoms with van der Waals surface area (Å²) in [5, 5.41) is 8.99. The fourth-order valence-corrected chi connectivity index (χ4v) is 5.65. The molecule has 1 aromatic rings. The summed E-state index contributed by atoms with van der Waals surface area (Å²) in [5.41, 5.74) is 5.23. The third kappa shape index (κ3) is 3.53. The molecule has 140 valence electrons. The molecule has 0 unspecified atom stereocenters. The fourth-order valence-electron chi connectivity index (χ4n) is 5.65. The average molecular weight is 345 g/mol. The maximum absolute atomic E-state index is 8.99. The first kappa shape index (κ1) is 18.9. The van der Waals surface area contributed by atoms with Gasteiger partial charge in [-0.25, -0.2) is 0 Å². The van der Waals surface area contributed by atoms with Crippen LogP contribution in [0.15, 0.2) is 18.2 Å². The molecule has 0 saturated heterocycles. The van der Waals surface area contributed by atoms with E-state index in [1.54, 1.807) is 11.1 Å². The number of hydrogen-bond acceptors (Lipinski definition) is 2. The predicted molar refractivity (Wildman–Crippen MR) is 104 cm³/mol. The second-order valence-corrected chi connectivity index (χ2v) is 9.22. The highest BCUT2D eigenvalue weighted by Crippen LogP contribution is 2.57. The molecule has 0 heterocycles. The summed E-state index contributed by atoms with van der Waals surface area (Å²) in [4.78, 5) is 0. The van der Waals surface area contributed by atoms with Crippen molar-refractivity contribution in [3.8, 4) is 0 Å². The molecule has 2 heteroatoms. The minimum Gasteiger partial charge on any atom is -0.396 e. The van der Waals surface area contributed by atoms with Gasteiger partial charge >= 0.3 is 0 Å². The molecular formula is C23H36O2. The molecule has 3 rings (SSSR count). The minimum atomic E-state index is 0.226. The van der Waals surface area contributed by atoms with E-state index in [1.807, 2.05) is 0 Å². The zero-order valence-corrected chi connectivity index (χ0v) is 16.6. The van der Waals surface area contributed by atoms with Crippen molar-refractivity contribution in [2.75, 3.05) is 19.8 Å². The van der Waals surface area contributed by atoms with Crippen molar-refractivity contribution >= 4 is 0 Å². The Bertz CT molecular complexity index is 594. The fraction of sp³-hybridized carbons (Fsp3) is 0.739. The smallest absolute Gasteiger partial charge is 0.0522 e. The summed E-state index contributed by atoms with van der Waals surface area (Å²) < 4.78 is 5.99. The second kappa shape index (κ2) is 7.40. The lowest BCUT2D eigenvalue weighted by Crippen LogP contribution is -2.51. The standard InChI is InChI=1S/C23H36O2/c1-17(2)18-7-9-20-19(15-18)8-10-21-22(3,16-25-14-6-13-24)11-5-12-23(20,21)4/h7,9,15,17,21,24H,5-6,8,10-14,16H2,1-4H3/t21-,22-,23+/m0/s1. The molecule has 2 aliphatic carbocycles. The van der Waals surface area contributed by atoms with Crippen molar-refractivity contribution in [3.63, 3.8) is 0 Å². The van der Waals surface area contributed by atoms with Crippen LogP contribution in [0, 0.1) is 11.3 Å². The molecule has 1 saturated carbocycles. The molecule has 0 bridgehead atoms. The second-order valence-electron chi connectivity index (χ2n) is 9.22. The van der Waals surface area contributed by atoms with Gasteiger partial charge in [0.1, 0.15) is 0 Å². The van der Waals surface area contributed by atoms with Crippen molar-refractivity contribution in [1.82, 2.24) is 0 Å². The highest BCUT2D eigenvalue weighted by atomic mass is 16.5. The van der Waals surface area contributed by atoms with E-state index >= 15 is 0 Å². The van der Waals surface area contributed by atoms with Crippen LogP contribution in [-0.2, 0) is 16.6 Å². The van der Waals surface area contributed by atoms with E-state index in [9.17, 15) is 0 Å². The maximum atomic E-state index is 8.99. The lowest BCUT2D eigenvalue weighted by Gasteiger charge is -2.55. The van der Waals surface area contributed by atoms with Gasteiger partial charge in [0.15, 0.2) is 0 Å². The van der Waals surface area contributed by atoms with Crippen LogP contribution in [0.3, 0.4) is 0 Å². The van der Waals surface area contributed by atoms with Crippen LogP contribution < -0.4 is 0 Å². The number of ether oxygens (including phenoxy) is 1. The summed E-state index contributed by atoms with van der Waals surface area (Å²) in [5.74, 6) is 1.30. The topological polar surface area (TPSA) is 29.5 Å². The largest absolute Gasteiger partial charge is 0.396 e.